The van der Waals surface area contributed by atoms with Crippen LogP contribution in [0.1, 0.15) is 113 Å². The third-order valence-corrected chi connectivity index (χ3v) is 13.8. The number of hydrogen-bond donors (Lipinski definition) is 1. The monoisotopic (exact) mass is 484 g/mol. The second-order valence-electron chi connectivity index (χ2n) is 15.2. The number of rotatable bonds is 3. The van der Waals surface area contributed by atoms with Gasteiger partial charge in [-0.25, -0.2) is 0 Å². The summed E-state index contributed by atoms with van der Waals surface area (Å²) in [6.07, 6.45) is 12.2. The van der Waals surface area contributed by atoms with Gasteiger partial charge in [0.25, 0.3) is 0 Å². The molecule has 5 rings (SSSR count). The van der Waals surface area contributed by atoms with Gasteiger partial charge in [0.15, 0.2) is 0 Å². The molecule has 0 saturated heterocycles. The van der Waals surface area contributed by atoms with Gasteiger partial charge in [-0.2, -0.15) is 0 Å². The van der Waals surface area contributed by atoms with E-state index in [1.165, 1.54) is 63.4 Å². The summed E-state index contributed by atoms with van der Waals surface area (Å²) in [7, 11) is 0. The van der Waals surface area contributed by atoms with Crippen molar-refractivity contribution < 1.29 is 14.6 Å². The molecule has 0 aromatic carbocycles. The largest absolute Gasteiger partial charge is 0.462 e. The van der Waals surface area contributed by atoms with Crippen LogP contribution in [0.2, 0.25) is 0 Å². The molecule has 0 spiro atoms. The van der Waals surface area contributed by atoms with E-state index in [1.807, 2.05) is 0 Å². The molecule has 0 heterocycles. The maximum Gasteiger partial charge on any atom is 0.302 e. The zero-order valence-electron chi connectivity index (χ0n) is 23.7. The zero-order chi connectivity index (χ0) is 25.6. The van der Waals surface area contributed by atoms with Gasteiger partial charge in [-0.15, -0.1) is 0 Å². The van der Waals surface area contributed by atoms with Gasteiger partial charge in [0.2, 0.25) is 0 Å². The molecule has 10 atom stereocenters. The number of allylic oxidation sites excluding steroid dienone is 1. The first-order chi connectivity index (χ1) is 16.3. The van der Waals surface area contributed by atoms with Crippen molar-refractivity contribution in [3.05, 3.63) is 12.2 Å². The SMILES string of the molecule is C=C(C)[C@@H]1CC[C@@]2(CO)CC[C@]3(C)[C@H](CC[C@H]4[C@@]5(C)CC[C@@H](OC(C)=O)C(C)(C)[C@H]5CC[C@@]43C)[C@@H]12. The van der Waals surface area contributed by atoms with Crippen LogP contribution in [0.4, 0.5) is 0 Å². The average Bonchev–Trinajstić information content (AvgIpc) is 3.16. The van der Waals surface area contributed by atoms with Crippen LogP contribution in [0.15, 0.2) is 12.2 Å². The molecular weight excluding hydrogens is 432 g/mol. The predicted molar refractivity (Wildman–Crippen MR) is 142 cm³/mol. The standard InChI is InChI=1S/C32H52O3/c1-20(2)22-11-16-32(19-33)18-17-30(7)23(27(22)32)9-10-25-29(6)14-13-26(35-21(3)34)28(4,5)24(29)12-15-31(25,30)8/h22-27,33H,1,9-19H2,2-8H3/t22-,23+,24+,25-,26+,27+,29-,30+,31-,32-/m0/s1. The fraction of sp³-hybridized carbons (Fsp3) is 0.906. The average molecular weight is 485 g/mol. The van der Waals surface area contributed by atoms with E-state index in [-0.39, 0.29) is 22.9 Å². The topological polar surface area (TPSA) is 46.5 Å². The number of carbonyl (C=O) groups is 1. The summed E-state index contributed by atoms with van der Waals surface area (Å²) < 4.78 is 5.90. The summed E-state index contributed by atoms with van der Waals surface area (Å²) in [5.41, 5.74) is 2.45. The lowest BCUT2D eigenvalue weighted by Gasteiger charge is -2.73. The van der Waals surface area contributed by atoms with Crippen molar-refractivity contribution in [3.63, 3.8) is 0 Å². The van der Waals surface area contributed by atoms with E-state index >= 15 is 0 Å². The van der Waals surface area contributed by atoms with Gasteiger partial charge in [-0.1, -0.05) is 46.8 Å². The first-order valence-corrected chi connectivity index (χ1v) is 14.7. The summed E-state index contributed by atoms with van der Waals surface area (Å²) in [6.45, 7) is 21.3. The van der Waals surface area contributed by atoms with E-state index in [2.05, 4.69) is 48.1 Å². The van der Waals surface area contributed by atoms with Gasteiger partial charge in [0.1, 0.15) is 6.10 Å². The van der Waals surface area contributed by atoms with Crippen molar-refractivity contribution in [2.45, 2.75) is 119 Å². The molecule has 0 radical (unpaired) electrons. The van der Waals surface area contributed by atoms with Crippen molar-refractivity contribution in [2.24, 2.45) is 56.7 Å². The second-order valence-corrected chi connectivity index (χ2v) is 15.2. The van der Waals surface area contributed by atoms with E-state index in [0.717, 1.165) is 12.3 Å². The van der Waals surface area contributed by atoms with E-state index in [9.17, 15) is 9.90 Å². The molecule has 0 amide bonds. The third-order valence-electron chi connectivity index (χ3n) is 13.8. The number of hydrogen-bond acceptors (Lipinski definition) is 3. The van der Waals surface area contributed by atoms with Gasteiger partial charge in [-0.3, -0.25) is 4.79 Å². The Hall–Kier alpha value is -0.830. The molecule has 5 aliphatic carbocycles. The number of aliphatic hydroxyl groups excluding tert-OH is 1. The Balaban J connectivity index is 1.51. The first kappa shape index (κ1) is 25.8. The lowest BCUT2D eigenvalue weighted by molar-refractivity contribution is -0.251. The molecule has 5 fully saturated rings. The molecule has 0 bridgehead atoms. The molecule has 1 N–H and O–H groups in total. The molecule has 3 heteroatoms. The Morgan fingerprint density at radius 2 is 1.57 bits per heavy atom. The highest BCUT2D eigenvalue weighted by atomic mass is 16.5. The zero-order valence-corrected chi connectivity index (χ0v) is 23.7. The fourth-order valence-electron chi connectivity index (χ4n) is 11.9. The Bertz CT molecular complexity index is 891. The van der Waals surface area contributed by atoms with Crippen LogP contribution >= 0.6 is 0 Å². The Kier molecular flexibility index (Phi) is 5.96. The minimum Gasteiger partial charge on any atom is -0.462 e. The minimum absolute atomic E-state index is 0.0207. The van der Waals surface area contributed by atoms with Crippen LogP contribution in [0.5, 0.6) is 0 Å². The van der Waals surface area contributed by atoms with Gasteiger partial charge < -0.3 is 9.84 Å². The summed E-state index contributed by atoms with van der Waals surface area (Å²) in [5.74, 6) is 3.07. The van der Waals surface area contributed by atoms with Crippen LogP contribution in [-0.2, 0) is 9.53 Å². The number of esters is 1. The summed E-state index contributed by atoms with van der Waals surface area (Å²) in [4.78, 5) is 11.9. The van der Waals surface area contributed by atoms with Crippen LogP contribution in [0.3, 0.4) is 0 Å². The van der Waals surface area contributed by atoms with Gasteiger partial charge >= 0.3 is 5.97 Å². The Morgan fingerprint density at radius 3 is 2.20 bits per heavy atom. The second kappa shape index (κ2) is 8.08. The summed E-state index contributed by atoms with van der Waals surface area (Å²) in [6, 6.07) is 0. The number of carbonyl (C=O) groups excluding carboxylic acids is 1. The lowest BCUT2D eigenvalue weighted by atomic mass is 9.32. The molecule has 0 aromatic heterocycles. The third kappa shape index (κ3) is 3.28. The van der Waals surface area contributed by atoms with Crippen molar-refractivity contribution >= 4 is 5.97 Å². The van der Waals surface area contributed by atoms with Crippen LogP contribution < -0.4 is 0 Å². The van der Waals surface area contributed by atoms with Crippen molar-refractivity contribution in [2.75, 3.05) is 6.61 Å². The number of ether oxygens (including phenoxy) is 1. The summed E-state index contributed by atoms with van der Waals surface area (Å²) >= 11 is 0. The number of aliphatic hydroxyl groups is 1. The van der Waals surface area contributed by atoms with E-state index in [4.69, 9.17) is 4.74 Å². The maximum absolute atomic E-state index is 11.9. The molecular formula is C32H52O3. The van der Waals surface area contributed by atoms with Crippen LogP contribution in [-0.4, -0.2) is 23.8 Å². The lowest BCUT2D eigenvalue weighted by Crippen LogP contribution is -2.67. The quantitative estimate of drug-likeness (QED) is 0.332. The van der Waals surface area contributed by atoms with E-state index in [0.29, 0.717) is 46.5 Å². The predicted octanol–water partition coefficient (Wildman–Crippen LogP) is 7.57. The first-order valence-electron chi connectivity index (χ1n) is 14.7. The molecule has 3 nitrogen and oxygen atoms in total. The molecule has 198 valence electrons. The number of fused-ring (bicyclic) bond motifs is 7. The summed E-state index contributed by atoms with van der Waals surface area (Å²) in [5, 5.41) is 10.7. The van der Waals surface area contributed by atoms with Crippen LogP contribution in [0, 0.1) is 56.7 Å². The maximum atomic E-state index is 11.9. The fourth-order valence-corrected chi connectivity index (χ4v) is 11.9. The molecule has 0 aromatic rings. The van der Waals surface area contributed by atoms with Gasteiger partial charge in [-0.05, 0) is 122 Å². The van der Waals surface area contributed by atoms with Crippen molar-refractivity contribution in [3.8, 4) is 0 Å². The smallest absolute Gasteiger partial charge is 0.302 e. The Labute approximate surface area is 214 Å². The molecule has 35 heavy (non-hydrogen) atoms. The molecule has 5 saturated carbocycles. The molecule has 5 aliphatic rings. The highest BCUT2D eigenvalue weighted by Gasteiger charge is 2.71. The Morgan fingerprint density at radius 1 is 0.857 bits per heavy atom. The normalized spacial score (nSPS) is 52.5. The van der Waals surface area contributed by atoms with E-state index < -0.39 is 0 Å². The highest BCUT2D eigenvalue weighted by molar-refractivity contribution is 5.66. The van der Waals surface area contributed by atoms with Gasteiger partial charge in [0.05, 0.1) is 0 Å². The van der Waals surface area contributed by atoms with Crippen LogP contribution in [0.25, 0.3) is 0 Å². The molecule has 0 aliphatic heterocycles. The molecule has 0 unspecified atom stereocenters. The van der Waals surface area contributed by atoms with E-state index in [1.54, 1.807) is 6.92 Å². The highest BCUT2D eigenvalue weighted by Crippen LogP contribution is 2.77. The van der Waals surface area contributed by atoms with Crippen molar-refractivity contribution in [1.82, 2.24) is 0 Å². The minimum atomic E-state index is -0.126. The van der Waals surface area contributed by atoms with Gasteiger partial charge in [0, 0.05) is 18.9 Å². The van der Waals surface area contributed by atoms with Crippen molar-refractivity contribution in [1.29, 1.82) is 0 Å².